The normalized spacial score (nSPS) is 15.4. The van der Waals surface area contributed by atoms with Gasteiger partial charge in [-0.3, -0.25) is 0 Å². The largest absolute Gasteiger partial charge is 0.439 e. The van der Waals surface area contributed by atoms with Crippen LogP contribution >= 0.6 is 15.9 Å². The summed E-state index contributed by atoms with van der Waals surface area (Å²) in [6, 6.07) is 15.1. The second kappa shape index (κ2) is 7.53. The van der Waals surface area contributed by atoms with Gasteiger partial charge in [-0.1, -0.05) is 48.5 Å². The number of rotatable bonds is 2. The summed E-state index contributed by atoms with van der Waals surface area (Å²) in [5, 5.41) is 10.3. The lowest BCUT2D eigenvalue weighted by molar-refractivity contribution is 0.388. The van der Waals surface area contributed by atoms with Crippen molar-refractivity contribution in [2.75, 3.05) is 0 Å². The fraction of sp³-hybridized carbons (Fsp3) is 0.182. The summed E-state index contributed by atoms with van der Waals surface area (Å²) < 4.78 is 12.2. The molecule has 0 aliphatic carbocycles. The Morgan fingerprint density at radius 3 is 2.57 bits per heavy atom. The maximum absolute atomic E-state index is 12.8. The van der Waals surface area contributed by atoms with Gasteiger partial charge in [0.2, 0.25) is 5.88 Å². The SMILES string of the molecule is C.CCc1ccc2oc(=O)c3c(c2c1)OC(N)=C(C#N)C3c1ccc(Br)cc1. The number of hydrogen-bond acceptors (Lipinski definition) is 5. The second-order valence-corrected chi connectivity index (χ2v) is 7.21. The van der Waals surface area contributed by atoms with Crippen LogP contribution in [0.3, 0.4) is 0 Å². The van der Waals surface area contributed by atoms with Crippen molar-refractivity contribution in [2.45, 2.75) is 26.7 Å². The van der Waals surface area contributed by atoms with Crippen LogP contribution in [-0.2, 0) is 6.42 Å². The average molecular weight is 439 g/mol. The Bertz CT molecular complexity index is 1190. The van der Waals surface area contributed by atoms with Crippen LogP contribution in [0.4, 0.5) is 0 Å². The molecule has 3 aromatic rings. The van der Waals surface area contributed by atoms with E-state index in [-0.39, 0.29) is 18.9 Å². The molecule has 0 spiro atoms. The van der Waals surface area contributed by atoms with Crippen molar-refractivity contribution in [3.8, 4) is 11.8 Å². The summed E-state index contributed by atoms with van der Waals surface area (Å²) in [6.45, 7) is 2.04. The summed E-state index contributed by atoms with van der Waals surface area (Å²) in [4.78, 5) is 12.8. The molecular formula is C22H19BrN2O3. The number of aryl methyl sites for hydroxylation is 1. The van der Waals surface area contributed by atoms with E-state index in [1.165, 1.54) is 0 Å². The van der Waals surface area contributed by atoms with Gasteiger partial charge in [-0.15, -0.1) is 0 Å². The van der Waals surface area contributed by atoms with Gasteiger partial charge in [-0.2, -0.15) is 5.26 Å². The van der Waals surface area contributed by atoms with Crippen molar-refractivity contribution in [2.24, 2.45) is 5.73 Å². The molecular weight excluding hydrogens is 420 g/mol. The minimum Gasteiger partial charge on any atom is -0.439 e. The summed E-state index contributed by atoms with van der Waals surface area (Å²) in [5.41, 5.74) is 8.30. The molecule has 6 heteroatoms. The zero-order valence-corrected chi connectivity index (χ0v) is 16.0. The predicted octanol–water partition coefficient (Wildman–Crippen LogP) is 4.97. The standard InChI is InChI=1S/C21H15BrN2O3.CH4/c1-2-11-3-8-16-14(9-11)19-18(21(25)26-16)17(15(10-23)20(24)27-19)12-4-6-13(22)7-5-12;/h3-9,17H,2,24H2,1H3;1H4. The van der Waals surface area contributed by atoms with Crippen molar-refractivity contribution in [1.29, 1.82) is 5.26 Å². The number of nitrogens with two attached hydrogens (primary N) is 1. The van der Waals surface area contributed by atoms with Gasteiger partial charge in [0.15, 0.2) is 5.75 Å². The van der Waals surface area contributed by atoms with E-state index < -0.39 is 11.5 Å². The van der Waals surface area contributed by atoms with Crippen molar-refractivity contribution < 1.29 is 9.15 Å². The van der Waals surface area contributed by atoms with E-state index >= 15 is 0 Å². The van der Waals surface area contributed by atoms with Gasteiger partial charge in [-0.25, -0.2) is 4.79 Å². The van der Waals surface area contributed by atoms with Gasteiger partial charge in [0.25, 0.3) is 0 Å². The zero-order valence-electron chi connectivity index (χ0n) is 14.5. The van der Waals surface area contributed by atoms with E-state index in [1.807, 2.05) is 43.3 Å². The smallest absolute Gasteiger partial charge is 0.344 e. The maximum Gasteiger partial charge on any atom is 0.344 e. The van der Waals surface area contributed by atoms with Crippen LogP contribution in [0.25, 0.3) is 11.0 Å². The molecule has 0 fully saturated rings. The molecule has 0 amide bonds. The third-order valence-corrected chi connectivity index (χ3v) is 5.27. The molecule has 1 atom stereocenters. The summed E-state index contributed by atoms with van der Waals surface area (Å²) >= 11 is 3.40. The Kier molecular flexibility index (Phi) is 5.30. The molecule has 1 aliphatic heterocycles. The number of halogens is 1. The Balaban J connectivity index is 0.00000225. The predicted molar refractivity (Wildman–Crippen MR) is 112 cm³/mol. The average Bonchev–Trinajstić information content (AvgIpc) is 2.67. The highest BCUT2D eigenvalue weighted by atomic mass is 79.9. The van der Waals surface area contributed by atoms with Gasteiger partial charge in [0.1, 0.15) is 17.2 Å². The van der Waals surface area contributed by atoms with Crippen LogP contribution in [0.2, 0.25) is 0 Å². The molecule has 28 heavy (non-hydrogen) atoms. The molecule has 2 aromatic carbocycles. The van der Waals surface area contributed by atoms with Gasteiger partial charge >= 0.3 is 5.63 Å². The highest BCUT2D eigenvalue weighted by Gasteiger charge is 2.35. The molecule has 0 saturated carbocycles. The Hall–Kier alpha value is -3.04. The topological polar surface area (TPSA) is 89.2 Å². The summed E-state index contributed by atoms with van der Waals surface area (Å²) in [6.07, 6.45) is 0.828. The zero-order chi connectivity index (χ0) is 19.1. The monoisotopic (exact) mass is 438 g/mol. The van der Waals surface area contributed by atoms with Crippen LogP contribution in [0.1, 0.15) is 37.0 Å². The molecule has 2 N–H and O–H groups in total. The third-order valence-electron chi connectivity index (χ3n) is 4.74. The van der Waals surface area contributed by atoms with Crippen LogP contribution in [0.15, 0.2) is 67.6 Å². The molecule has 1 aromatic heterocycles. The summed E-state index contributed by atoms with van der Waals surface area (Å²) in [5.74, 6) is -0.273. The molecule has 1 unspecified atom stereocenters. The number of fused-ring (bicyclic) bond motifs is 3. The first-order chi connectivity index (χ1) is 13.0. The first-order valence-electron chi connectivity index (χ1n) is 8.46. The third kappa shape index (κ3) is 3.08. The number of nitrogens with zero attached hydrogens (tertiary/aromatic N) is 1. The second-order valence-electron chi connectivity index (χ2n) is 6.29. The lowest BCUT2D eigenvalue weighted by Crippen LogP contribution is -2.26. The molecule has 0 saturated heterocycles. The van der Waals surface area contributed by atoms with Crippen LogP contribution in [-0.4, -0.2) is 0 Å². The minimum atomic E-state index is -0.641. The molecule has 2 heterocycles. The number of nitriles is 1. The number of allylic oxidation sites excluding steroid dienone is 1. The fourth-order valence-corrected chi connectivity index (χ4v) is 3.64. The van der Waals surface area contributed by atoms with E-state index in [9.17, 15) is 10.1 Å². The number of hydrogen-bond donors (Lipinski definition) is 1. The Labute approximate surface area is 171 Å². The van der Waals surface area contributed by atoms with Crippen molar-refractivity contribution in [3.05, 3.63) is 85.5 Å². The van der Waals surface area contributed by atoms with Gasteiger partial charge in [0.05, 0.1) is 16.9 Å². The van der Waals surface area contributed by atoms with Gasteiger partial charge < -0.3 is 14.9 Å². The molecule has 142 valence electrons. The van der Waals surface area contributed by atoms with E-state index in [0.29, 0.717) is 22.3 Å². The quantitative estimate of drug-likeness (QED) is 0.570. The first-order valence-corrected chi connectivity index (χ1v) is 9.25. The minimum absolute atomic E-state index is 0. The van der Waals surface area contributed by atoms with E-state index in [0.717, 1.165) is 22.0 Å². The molecule has 4 rings (SSSR count). The van der Waals surface area contributed by atoms with Crippen LogP contribution in [0, 0.1) is 11.3 Å². The van der Waals surface area contributed by atoms with E-state index in [2.05, 4.69) is 22.0 Å². The molecule has 0 bridgehead atoms. The number of ether oxygens (including phenoxy) is 1. The Morgan fingerprint density at radius 1 is 1.21 bits per heavy atom. The van der Waals surface area contributed by atoms with Crippen molar-refractivity contribution in [3.63, 3.8) is 0 Å². The summed E-state index contributed by atoms with van der Waals surface area (Å²) in [7, 11) is 0. The maximum atomic E-state index is 12.8. The lowest BCUT2D eigenvalue weighted by Gasteiger charge is -2.26. The molecule has 1 aliphatic rings. The van der Waals surface area contributed by atoms with E-state index in [4.69, 9.17) is 14.9 Å². The fourth-order valence-electron chi connectivity index (χ4n) is 3.37. The highest BCUT2D eigenvalue weighted by Crippen LogP contribution is 2.43. The first kappa shape index (κ1) is 19.7. The lowest BCUT2D eigenvalue weighted by atomic mass is 9.84. The Morgan fingerprint density at radius 2 is 1.93 bits per heavy atom. The highest BCUT2D eigenvalue weighted by molar-refractivity contribution is 9.10. The van der Waals surface area contributed by atoms with Crippen molar-refractivity contribution in [1.82, 2.24) is 0 Å². The molecule has 5 nitrogen and oxygen atoms in total. The van der Waals surface area contributed by atoms with Crippen molar-refractivity contribution >= 4 is 26.9 Å². The molecule has 0 radical (unpaired) electrons. The van der Waals surface area contributed by atoms with E-state index in [1.54, 1.807) is 6.07 Å². The van der Waals surface area contributed by atoms with Crippen LogP contribution < -0.4 is 16.1 Å². The van der Waals surface area contributed by atoms with Gasteiger partial charge in [0, 0.05) is 4.47 Å². The van der Waals surface area contributed by atoms with Crippen LogP contribution in [0.5, 0.6) is 5.75 Å². The van der Waals surface area contributed by atoms with Gasteiger partial charge in [-0.05, 0) is 41.8 Å². The number of benzene rings is 2.